The summed E-state index contributed by atoms with van der Waals surface area (Å²) in [5.41, 5.74) is 0. The number of phenolic OH excluding ortho intramolecular Hbond substituents is 2. The van der Waals surface area contributed by atoms with Gasteiger partial charge in [0.05, 0.1) is 0 Å². The molecular formula is C14H16O2S2Zr. The van der Waals surface area contributed by atoms with Gasteiger partial charge in [0.15, 0.2) is 0 Å². The zero-order valence-electron chi connectivity index (χ0n) is 10.8. The van der Waals surface area contributed by atoms with Crippen molar-refractivity contribution in [1.82, 2.24) is 0 Å². The normalized spacial score (nSPS) is 8.95. The molecule has 0 saturated carbocycles. The second kappa shape index (κ2) is 10.4. The third-order valence-electron chi connectivity index (χ3n) is 2.14. The quantitative estimate of drug-likeness (QED) is 0.775. The average molecular weight is 372 g/mol. The Balaban J connectivity index is 0.000000324. The SMILES string of the molecule is CSc1ccc(O)cc1.CSc1ccc(O)cc1.[Zr]. The molecule has 100 valence electrons. The second-order valence-electron chi connectivity index (χ2n) is 3.40. The smallest absolute Gasteiger partial charge is 0.115 e. The molecule has 0 amide bonds. The molecule has 0 aliphatic carbocycles. The van der Waals surface area contributed by atoms with Gasteiger partial charge < -0.3 is 10.2 Å². The Labute approximate surface area is 141 Å². The van der Waals surface area contributed by atoms with Crippen LogP contribution in [0.4, 0.5) is 0 Å². The molecule has 0 aliphatic rings. The van der Waals surface area contributed by atoms with Crippen LogP contribution in [0.1, 0.15) is 0 Å². The fourth-order valence-corrected chi connectivity index (χ4v) is 1.98. The van der Waals surface area contributed by atoms with Gasteiger partial charge in [-0.1, -0.05) is 0 Å². The number of hydrogen-bond donors (Lipinski definition) is 2. The molecule has 2 rings (SSSR count). The first-order chi connectivity index (χ1) is 8.65. The largest absolute Gasteiger partial charge is 0.508 e. The summed E-state index contributed by atoms with van der Waals surface area (Å²) in [4.78, 5) is 2.35. The first-order valence-electron chi connectivity index (χ1n) is 5.31. The van der Waals surface area contributed by atoms with Crippen molar-refractivity contribution < 1.29 is 36.4 Å². The minimum absolute atomic E-state index is 0. The number of rotatable bonds is 2. The van der Waals surface area contributed by atoms with Crippen LogP contribution >= 0.6 is 23.5 Å². The van der Waals surface area contributed by atoms with Crippen LogP contribution in [0.3, 0.4) is 0 Å². The molecule has 19 heavy (non-hydrogen) atoms. The standard InChI is InChI=1S/2C7H8OS.Zr/c2*1-9-7-4-2-6(8)3-5-7;/h2*2-5,8H,1H3;. The average Bonchev–Trinajstić information content (AvgIpc) is 2.41. The maximum absolute atomic E-state index is 8.84. The van der Waals surface area contributed by atoms with E-state index in [4.69, 9.17) is 10.2 Å². The monoisotopic (exact) mass is 370 g/mol. The molecule has 0 heterocycles. The molecule has 2 aromatic rings. The summed E-state index contributed by atoms with van der Waals surface area (Å²) in [7, 11) is 0. The predicted octanol–water partition coefficient (Wildman–Crippen LogP) is 4.23. The van der Waals surface area contributed by atoms with Crippen molar-refractivity contribution in [3.05, 3.63) is 48.5 Å². The molecule has 2 N–H and O–H groups in total. The summed E-state index contributed by atoms with van der Waals surface area (Å²) in [6.45, 7) is 0. The van der Waals surface area contributed by atoms with Crippen molar-refractivity contribution in [2.45, 2.75) is 9.79 Å². The zero-order chi connectivity index (χ0) is 13.4. The van der Waals surface area contributed by atoms with Crippen molar-refractivity contribution in [1.29, 1.82) is 0 Å². The first kappa shape index (κ1) is 18.6. The summed E-state index contributed by atoms with van der Waals surface area (Å²) >= 11 is 3.33. The van der Waals surface area contributed by atoms with E-state index in [-0.39, 0.29) is 26.2 Å². The van der Waals surface area contributed by atoms with Crippen molar-refractivity contribution >= 4 is 23.5 Å². The Kier molecular flexibility index (Phi) is 10.2. The molecule has 2 nitrogen and oxygen atoms in total. The zero-order valence-corrected chi connectivity index (χ0v) is 14.9. The Hall–Kier alpha value is -0.377. The predicted molar refractivity (Wildman–Crippen MR) is 79.8 cm³/mol. The molecule has 5 heteroatoms. The molecule has 0 radical (unpaired) electrons. The Bertz CT molecular complexity index is 412. The Morgan fingerprint density at radius 1 is 0.632 bits per heavy atom. The maximum atomic E-state index is 8.84. The molecule has 0 saturated heterocycles. The number of aromatic hydroxyl groups is 2. The molecule has 0 atom stereocenters. The summed E-state index contributed by atoms with van der Waals surface area (Å²) in [5, 5.41) is 17.7. The minimum Gasteiger partial charge on any atom is -0.508 e. The maximum Gasteiger partial charge on any atom is 0.115 e. The summed E-state index contributed by atoms with van der Waals surface area (Å²) in [5.74, 6) is 0.653. The molecule has 0 spiro atoms. The van der Waals surface area contributed by atoms with Crippen molar-refractivity contribution in [2.75, 3.05) is 12.5 Å². The van der Waals surface area contributed by atoms with E-state index in [0.29, 0.717) is 11.5 Å². The molecular weight excluding hydrogens is 356 g/mol. The van der Waals surface area contributed by atoms with Gasteiger partial charge in [0.1, 0.15) is 11.5 Å². The topological polar surface area (TPSA) is 40.5 Å². The van der Waals surface area contributed by atoms with E-state index in [1.807, 2.05) is 36.8 Å². The van der Waals surface area contributed by atoms with Gasteiger partial charge in [-0.15, -0.1) is 23.5 Å². The van der Waals surface area contributed by atoms with Gasteiger partial charge in [-0.05, 0) is 61.0 Å². The Morgan fingerprint density at radius 2 is 0.895 bits per heavy atom. The van der Waals surface area contributed by atoms with E-state index in [1.54, 1.807) is 47.8 Å². The first-order valence-corrected chi connectivity index (χ1v) is 7.76. The van der Waals surface area contributed by atoms with Crippen LogP contribution in [0.15, 0.2) is 58.3 Å². The molecule has 0 fully saturated rings. The summed E-state index contributed by atoms with van der Waals surface area (Å²) in [6.07, 6.45) is 4.01. The van der Waals surface area contributed by atoms with Crippen LogP contribution in [-0.2, 0) is 26.2 Å². The van der Waals surface area contributed by atoms with E-state index >= 15 is 0 Å². The van der Waals surface area contributed by atoms with Gasteiger partial charge in [0.2, 0.25) is 0 Å². The van der Waals surface area contributed by atoms with Crippen molar-refractivity contribution in [3.8, 4) is 11.5 Å². The fraction of sp³-hybridized carbons (Fsp3) is 0.143. The van der Waals surface area contributed by atoms with Gasteiger partial charge in [-0.25, -0.2) is 0 Å². The van der Waals surface area contributed by atoms with E-state index in [9.17, 15) is 0 Å². The van der Waals surface area contributed by atoms with Crippen LogP contribution < -0.4 is 0 Å². The number of thioether (sulfide) groups is 2. The van der Waals surface area contributed by atoms with Gasteiger partial charge in [0, 0.05) is 36.0 Å². The van der Waals surface area contributed by atoms with Gasteiger partial charge in [-0.2, -0.15) is 0 Å². The van der Waals surface area contributed by atoms with E-state index in [0.717, 1.165) is 0 Å². The van der Waals surface area contributed by atoms with E-state index in [1.165, 1.54) is 9.79 Å². The van der Waals surface area contributed by atoms with E-state index in [2.05, 4.69) is 0 Å². The molecule has 0 unspecified atom stereocenters. The fourth-order valence-electron chi connectivity index (χ4n) is 1.16. The molecule has 0 aromatic heterocycles. The number of hydrogen-bond acceptors (Lipinski definition) is 4. The van der Waals surface area contributed by atoms with E-state index < -0.39 is 0 Å². The van der Waals surface area contributed by atoms with Gasteiger partial charge in [0.25, 0.3) is 0 Å². The van der Waals surface area contributed by atoms with Crippen LogP contribution in [0.2, 0.25) is 0 Å². The third-order valence-corrected chi connectivity index (χ3v) is 3.63. The van der Waals surface area contributed by atoms with Crippen LogP contribution in [-0.4, -0.2) is 22.7 Å². The third kappa shape index (κ3) is 7.71. The molecule has 0 aliphatic heterocycles. The summed E-state index contributed by atoms with van der Waals surface area (Å²) < 4.78 is 0. The Morgan fingerprint density at radius 3 is 1.11 bits per heavy atom. The molecule has 0 bridgehead atoms. The van der Waals surface area contributed by atoms with Crippen molar-refractivity contribution in [2.24, 2.45) is 0 Å². The van der Waals surface area contributed by atoms with Gasteiger partial charge >= 0.3 is 0 Å². The summed E-state index contributed by atoms with van der Waals surface area (Å²) in [6, 6.07) is 14.3. The second-order valence-corrected chi connectivity index (χ2v) is 5.16. The minimum atomic E-state index is 0. The molecule has 2 aromatic carbocycles. The van der Waals surface area contributed by atoms with Gasteiger partial charge in [-0.3, -0.25) is 0 Å². The van der Waals surface area contributed by atoms with Crippen LogP contribution in [0, 0.1) is 0 Å². The van der Waals surface area contributed by atoms with Crippen LogP contribution in [0.25, 0.3) is 0 Å². The van der Waals surface area contributed by atoms with Crippen LogP contribution in [0.5, 0.6) is 11.5 Å². The number of benzene rings is 2. The number of phenols is 2. The van der Waals surface area contributed by atoms with Crippen molar-refractivity contribution in [3.63, 3.8) is 0 Å².